The van der Waals surface area contributed by atoms with Gasteiger partial charge in [0, 0.05) is 40.2 Å². The summed E-state index contributed by atoms with van der Waals surface area (Å²) in [5.41, 5.74) is 5.50. The Labute approximate surface area is 158 Å². The predicted molar refractivity (Wildman–Crippen MR) is 109 cm³/mol. The second-order valence-corrected chi connectivity index (χ2v) is 7.41. The summed E-state index contributed by atoms with van der Waals surface area (Å²) in [6.45, 7) is 9.35. The molecular weight excluding hydrogens is 324 g/mol. The molecule has 0 radical (unpaired) electrons. The standard InChI is InChI=1S/C21H34N4O/c1-15-12-16(2)19(17(3)13-15)6-9-24-21(23-5)25-10-7-18(8-11-25)14-20(26)22-4/h12-13,18H,6-11,14H2,1-5H3,(H,22,26)(H,23,24). The summed E-state index contributed by atoms with van der Waals surface area (Å²) >= 11 is 0. The highest BCUT2D eigenvalue weighted by Crippen LogP contribution is 2.20. The molecule has 1 aliphatic heterocycles. The molecule has 0 atom stereocenters. The summed E-state index contributed by atoms with van der Waals surface area (Å²) in [6.07, 6.45) is 3.74. The van der Waals surface area contributed by atoms with Gasteiger partial charge in [0.2, 0.25) is 5.91 Å². The van der Waals surface area contributed by atoms with Crippen LogP contribution in [-0.4, -0.2) is 50.5 Å². The molecule has 0 aromatic heterocycles. The molecule has 144 valence electrons. The zero-order valence-electron chi connectivity index (χ0n) is 17.0. The number of aryl methyl sites for hydroxylation is 3. The van der Waals surface area contributed by atoms with E-state index in [1.165, 1.54) is 22.3 Å². The Morgan fingerprint density at radius 1 is 1.19 bits per heavy atom. The van der Waals surface area contributed by atoms with Crippen molar-refractivity contribution in [1.29, 1.82) is 0 Å². The fraction of sp³-hybridized carbons (Fsp3) is 0.619. The Balaban J connectivity index is 1.83. The quantitative estimate of drug-likeness (QED) is 0.628. The van der Waals surface area contributed by atoms with Crippen LogP contribution in [0.1, 0.15) is 41.5 Å². The van der Waals surface area contributed by atoms with Crippen molar-refractivity contribution in [3.8, 4) is 0 Å². The molecule has 2 N–H and O–H groups in total. The van der Waals surface area contributed by atoms with Crippen LogP contribution in [-0.2, 0) is 11.2 Å². The molecule has 5 heteroatoms. The van der Waals surface area contributed by atoms with Gasteiger partial charge in [-0.3, -0.25) is 9.79 Å². The third kappa shape index (κ3) is 5.48. The van der Waals surface area contributed by atoms with E-state index in [4.69, 9.17) is 0 Å². The van der Waals surface area contributed by atoms with Gasteiger partial charge in [0.25, 0.3) is 0 Å². The van der Waals surface area contributed by atoms with E-state index in [9.17, 15) is 4.79 Å². The van der Waals surface area contributed by atoms with E-state index in [-0.39, 0.29) is 5.91 Å². The van der Waals surface area contributed by atoms with E-state index < -0.39 is 0 Å². The van der Waals surface area contributed by atoms with Gasteiger partial charge in [-0.15, -0.1) is 0 Å². The molecule has 0 bridgehead atoms. The Hall–Kier alpha value is -2.04. The maximum absolute atomic E-state index is 11.5. The number of hydrogen-bond donors (Lipinski definition) is 2. The minimum absolute atomic E-state index is 0.148. The van der Waals surface area contributed by atoms with Crippen LogP contribution in [0.5, 0.6) is 0 Å². The number of amides is 1. The van der Waals surface area contributed by atoms with Gasteiger partial charge < -0.3 is 15.5 Å². The van der Waals surface area contributed by atoms with Gasteiger partial charge in [0.15, 0.2) is 5.96 Å². The van der Waals surface area contributed by atoms with Crippen molar-refractivity contribution in [2.45, 2.75) is 46.5 Å². The summed E-state index contributed by atoms with van der Waals surface area (Å²) in [5, 5.41) is 6.24. The third-order valence-electron chi connectivity index (χ3n) is 5.38. The number of nitrogens with zero attached hydrogens (tertiary/aromatic N) is 2. The van der Waals surface area contributed by atoms with Crippen LogP contribution < -0.4 is 10.6 Å². The first-order valence-electron chi connectivity index (χ1n) is 9.67. The Morgan fingerprint density at radius 3 is 2.35 bits per heavy atom. The Morgan fingerprint density at radius 2 is 1.81 bits per heavy atom. The van der Waals surface area contributed by atoms with Crippen LogP contribution in [0.2, 0.25) is 0 Å². The molecule has 2 rings (SSSR count). The predicted octanol–water partition coefficient (Wildman–Crippen LogP) is 2.58. The minimum Gasteiger partial charge on any atom is -0.359 e. The zero-order valence-corrected chi connectivity index (χ0v) is 17.0. The lowest BCUT2D eigenvalue weighted by molar-refractivity contribution is -0.121. The van der Waals surface area contributed by atoms with E-state index in [0.29, 0.717) is 12.3 Å². The lowest BCUT2D eigenvalue weighted by atomic mass is 9.93. The van der Waals surface area contributed by atoms with E-state index in [1.54, 1.807) is 7.05 Å². The van der Waals surface area contributed by atoms with Crippen molar-refractivity contribution >= 4 is 11.9 Å². The van der Waals surface area contributed by atoms with Gasteiger partial charge in [-0.05, 0) is 62.6 Å². The monoisotopic (exact) mass is 358 g/mol. The number of hydrogen-bond acceptors (Lipinski definition) is 2. The first kappa shape index (κ1) is 20.3. The van der Waals surface area contributed by atoms with E-state index in [1.807, 2.05) is 7.05 Å². The molecule has 1 aromatic carbocycles. The van der Waals surface area contributed by atoms with Gasteiger partial charge in [-0.1, -0.05) is 17.7 Å². The summed E-state index contributed by atoms with van der Waals surface area (Å²) < 4.78 is 0. The maximum Gasteiger partial charge on any atom is 0.220 e. The van der Waals surface area contributed by atoms with Crippen LogP contribution in [0.15, 0.2) is 17.1 Å². The molecule has 1 fully saturated rings. The molecule has 1 heterocycles. The van der Waals surface area contributed by atoms with E-state index in [0.717, 1.165) is 44.9 Å². The average Bonchev–Trinajstić information content (AvgIpc) is 2.61. The van der Waals surface area contributed by atoms with Crippen LogP contribution in [0.25, 0.3) is 0 Å². The fourth-order valence-corrected chi connectivity index (χ4v) is 3.95. The third-order valence-corrected chi connectivity index (χ3v) is 5.38. The van der Waals surface area contributed by atoms with Gasteiger partial charge in [0.05, 0.1) is 0 Å². The number of rotatable bonds is 5. The highest BCUT2D eigenvalue weighted by atomic mass is 16.1. The fourth-order valence-electron chi connectivity index (χ4n) is 3.95. The number of carbonyl (C=O) groups excluding carboxylic acids is 1. The number of aliphatic imine (C=N–C) groups is 1. The highest BCUT2D eigenvalue weighted by molar-refractivity contribution is 5.80. The summed E-state index contributed by atoms with van der Waals surface area (Å²) in [5.74, 6) is 1.61. The van der Waals surface area contributed by atoms with Gasteiger partial charge in [-0.2, -0.15) is 0 Å². The number of benzene rings is 1. The summed E-state index contributed by atoms with van der Waals surface area (Å²) in [6, 6.07) is 4.52. The number of piperidine rings is 1. The van der Waals surface area contributed by atoms with Crippen molar-refractivity contribution in [3.05, 3.63) is 34.4 Å². The van der Waals surface area contributed by atoms with Crippen molar-refractivity contribution < 1.29 is 4.79 Å². The van der Waals surface area contributed by atoms with Crippen LogP contribution in [0.4, 0.5) is 0 Å². The molecule has 0 saturated carbocycles. The molecule has 1 aliphatic rings. The van der Waals surface area contributed by atoms with Gasteiger partial charge >= 0.3 is 0 Å². The summed E-state index contributed by atoms with van der Waals surface area (Å²) in [4.78, 5) is 18.3. The molecule has 26 heavy (non-hydrogen) atoms. The lowest BCUT2D eigenvalue weighted by Crippen LogP contribution is -2.46. The van der Waals surface area contributed by atoms with E-state index >= 15 is 0 Å². The van der Waals surface area contributed by atoms with Crippen molar-refractivity contribution in [2.75, 3.05) is 33.7 Å². The SMILES string of the molecule is CN=C(NCCc1c(C)cc(C)cc1C)N1CCC(CC(=O)NC)CC1. The minimum atomic E-state index is 0.148. The van der Waals surface area contributed by atoms with Crippen LogP contribution >= 0.6 is 0 Å². The van der Waals surface area contributed by atoms with Crippen LogP contribution in [0.3, 0.4) is 0 Å². The van der Waals surface area contributed by atoms with Gasteiger partial charge in [0.1, 0.15) is 0 Å². The second-order valence-electron chi connectivity index (χ2n) is 7.41. The Kier molecular flexibility index (Phi) is 7.49. The molecule has 1 saturated heterocycles. The molecule has 0 unspecified atom stereocenters. The molecule has 0 aliphatic carbocycles. The highest BCUT2D eigenvalue weighted by Gasteiger charge is 2.23. The number of guanidine groups is 1. The molecule has 0 spiro atoms. The number of nitrogens with one attached hydrogen (secondary N) is 2. The summed E-state index contributed by atoms with van der Waals surface area (Å²) in [7, 11) is 3.56. The zero-order chi connectivity index (χ0) is 19.1. The molecule has 5 nitrogen and oxygen atoms in total. The van der Waals surface area contributed by atoms with Crippen LogP contribution in [0, 0.1) is 26.7 Å². The van der Waals surface area contributed by atoms with Crippen molar-refractivity contribution in [3.63, 3.8) is 0 Å². The topological polar surface area (TPSA) is 56.7 Å². The first-order chi connectivity index (χ1) is 12.4. The maximum atomic E-state index is 11.5. The number of carbonyl (C=O) groups is 1. The van der Waals surface area contributed by atoms with Crippen molar-refractivity contribution in [1.82, 2.24) is 15.5 Å². The molecular formula is C21H34N4O. The normalized spacial score (nSPS) is 15.9. The Bertz CT molecular complexity index is 622. The van der Waals surface area contributed by atoms with E-state index in [2.05, 4.69) is 53.4 Å². The van der Waals surface area contributed by atoms with Crippen molar-refractivity contribution in [2.24, 2.45) is 10.9 Å². The first-order valence-corrected chi connectivity index (χ1v) is 9.67. The second kappa shape index (κ2) is 9.60. The number of likely N-dealkylation sites (tertiary alicyclic amines) is 1. The smallest absolute Gasteiger partial charge is 0.220 e. The molecule has 1 aromatic rings. The molecule has 1 amide bonds. The lowest BCUT2D eigenvalue weighted by Gasteiger charge is -2.34. The van der Waals surface area contributed by atoms with Gasteiger partial charge in [-0.25, -0.2) is 0 Å². The average molecular weight is 359 g/mol. The largest absolute Gasteiger partial charge is 0.359 e.